The number of rotatable bonds is 7. The standard InChI is InChI=1S/C31H30N2O3S/c1-21-32-28-16-15-26(19-29(28)37-21)24-13-10-23(11-14-24)20-33(31(36)25-7-3-2-4-8-25)27-9-5-6-22(18-27)12-17-30(34)35/h5-6,9-19,25H,2-4,7-8,20H2,1H3,(H,34,35). The molecule has 4 aromatic rings. The first-order valence-electron chi connectivity index (χ1n) is 12.8. The average Bonchev–Trinajstić information content (AvgIpc) is 3.30. The van der Waals surface area contributed by atoms with Crippen molar-refractivity contribution in [2.24, 2.45) is 5.92 Å². The van der Waals surface area contributed by atoms with E-state index in [1.807, 2.05) is 36.1 Å². The Kier molecular flexibility index (Phi) is 7.47. The molecule has 1 aromatic heterocycles. The monoisotopic (exact) mass is 510 g/mol. The van der Waals surface area contributed by atoms with E-state index in [0.717, 1.165) is 70.2 Å². The van der Waals surface area contributed by atoms with Gasteiger partial charge in [0.2, 0.25) is 5.91 Å². The van der Waals surface area contributed by atoms with Crippen molar-refractivity contribution in [1.29, 1.82) is 0 Å². The Morgan fingerprint density at radius 2 is 1.76 bits per heavy atom. The molecule has 0 aliphatic heterocycles. The Hall–Kier alpha value is -3.77. The zero-order valence-corrected chi connectivity index (χ0v) is 21.7. The molecule has 0 spiro atoms. The summed E-state index contributed by atoms with van der Waals surface area (Å²) in [4.78, 5) is 31.1. The Morgan fingerprint density at radius 1 is 1.00 bits per heavy atom. The van der Waals surface area contributed by atoms with Crippen LogP contribution in [0.1, 0.15) is 48.2 Å². The van der Waals surface area contributed by atoms with Crippen LogP contribution < -0.4 is 4.90 Å². The highest BCUT2D eigenvalue weighted by Gasteiger charge is 2.27. The summed E-state index contributed by atoms with van der Waals surface area (Å²) >= 11 is 1.70. The van der Waals surface area contributed by atoms with Crippen LogP contribution in [0, 0.1) is 12.8 Å². The van der Waals surface area contributed by atoms with Gasteiger partial charge in [0, 0.05) is 17.7 Å². The molecular weight excluding hydrogens is 480 g/mol. The molecule has 1 N–H and O–H groups in total. The van der Waals surface area contributed by atoms with Crippen LogP contribution in [0.2, 0.25) is 0 Å². The van der Waals surface area contributed by atoms with Gasteiger partial charge in [0.25, 0.3) is 0 Å². The molecule has 0 radical (unpaired) electrons. The average molecular weight is 511 g/mol. The minimum atomic E-state index is -0.995. The van der Waals surface area contributed by atoms with E-state index in [-0.39, 0.29) is 11.8 Å². The maximum Gasteiger partial charge on any atom is 0.328 e. The van der Waals surface area contributed by atoms with E-state index < -0.39 is 5.97 Å². The smallest absolute Gasteiger partial charge is 0.328 e. The lowest BCUT2D eigenvalue weighted by atomic mass is 9.88. The van der Waals surface area contributed by atoms with Gasteiger partial charge in [-0.3, -0.25) is 4.79 Å². The van der Waals surface area contributed by atoms with Gasteiger partial charge in [-0.25, -0.2) is 9.78 Å². The predicted octanol–water partition coefficient (Wildman–Crippen LogP) is 7.48. The van der Waals surface area contributed by atoms with Gasteiger partial charge >= 0.3 is 5.97 Å². The fourth-order valence-electron chi connectivity index (χ4n) is 5.03. The lowest BCUT2D eigenvalue weighted by molar-refractivity contribution is -0.131. The van der Waals surface area contributed by atoms with Crippen molar-refractivity contribution in [3.05, 3.63) is 88.9 Å². The molecule has 3 aromatic carbocycles. The van der Waals surface area contributed by atoms with Crippen molar-refractivity contribution in [3.8, 4) is 11.1 Å². The number of thiazole rings is 1. The van der Waals surface area contributed by atoms with Crippen LogP contribution in [0.15, 0.2) is 72.8 Å². The summed E-state index contributed by atoms with van der Waals surface area (Å²) in [6.07, 6.45) is 7.89. The molecule has 188 valence electrons. The number of aryl methyl sites for hydroxylation is 1. The van der Waals surface area contributed by atoms with E-state index in [9.17, 15) is 9.59 Å². The fourth-order valence-corrected chi connectivity index (χ4v) is 5.90. The van der Waals surface area contributed by atoms with Gasteiger partial charge in [-0.1, -0.05) is 61.7 Å². The number of benzene rings is 3. The van der Waals surface area contributed by atoms with Crippen molar-refractivity contribution in [2.45, 2.75) is 45.6 Å². The van der Waals surface area contributed by atoms with Gasteiger partial charge < -0.3 is 10.0 Å². The number of carbonyl (C=O) groups excluding carboxylic acids is 1. The number of anilines is 1. The SMILES string of the molecule is Cc1nc2ccc(-c3ccc(CN(C(=O)C4CCCCC4)c4cccc(C=CC(=O)O)c4)cc3)cc2s1. The molecule has 37 heavy (non-hydrogen) atoms. The second-order valence-electron chi connectivity index (χ2n) is 9.64. The van der Waals surface area contributed by atoms with Crippen LogP contribution in [0.3, 0.4) is 0 Å². The third-order valence-electron chi connectivity index (χ3n) is 6.94. The van der Waals surface area contributed by atoms with E-state index in [4.69, 9.17) is 5.11 Å². The maximum atomic E-state index is 13.7. The van der Waals surface area contributed by atoms with Crippen LogP contribution in [-0.4, -0.2) is 22.0 Å². The van der Waals surface area contributed by atoms with Crippen molar-refractivity contribution >= 4 is 45.2 Å². The highest BCUT2D eigenvalue weighted by Crippen LogP contribution is 2.31. The molecule has 5 rings (SSSR count). The van der Waals surface area contributed by atoms with E-state index >= 15 is 0 Å². The zero-order valence-electron chi connectivity index (χ0n) is 20.9. The quantitative estimate of drug-likeness (QED) is 0.262. The number of carboxylic acid groups (broad SMARTS) is 1. The van der Waals surface area contributed by atoms with E-state index in [1.54, 1.807) is 17.4 Å². The summed E-state index contributed by atoms with van der Waals surface area (Å²) in [5, 5.41) is 10.1. The third-order valence-corrected chi connectivity index (χ3v) is 7.88. The zero-order chi connectivity index (χ0) is 25.8. The van der Waals surface area contributed by atoms with E-state index in [0.29, 0.717) is 6.54 Å². The summed E-state index contributed by atoms with van der Waals surface area (Å²) in [5.74, 6) is -0.819. The number of carboxylic acids is 1. The second-order valence-corrected chi connectivity index (χ2v) is 10.9. The number of hydrogen-bond acceptors (Lipinski definition) is 4. The number of hydrogen-bond donors (Lipinski definition) is 1. The summed E-state index contributed by atoms with van der Waals surface area (Å²) in [5.41, 5.74) is 5.90. The van der Waals surface area contributed by atoms with Crippen molar-refractivity contribution in [3.63, 3.8) is 0 Å². The molecule has 1 aliphatic carbocycles. The molecule has 1 heterocycles. The predicted molar refractivity (Wildman–Crippen MR) is 151 cm³/mol. The Labute approximate surface area is 221 Å². The van der Waals surface area contributed by atoms with Gasteiger partial charge in [-0.05, 0) is 72.4 Å². The number of aliphatic carboxylic acids is 1. The molecule has 0 atom stereocenters. The van der Waals surface area contributed by atoms with Crippen LogP contribution in [0.25, 0.3) is 27.4 Å². The minimum absolute atomic E-state index is 0.0285. The molecule has 1 amide bonds. The summed E-state index contributed by atoms with van der Waals surface area (Å²) in [7, 11) is 0. The number of carbonyl (C=O) groups is 2. The molecule has 0 bridgehead atoms. The highest BCUT2D eigenvalue weighted by molar-refractivity contribution is 7.18. The first-order chi connectivity index (χ1) is 18.0. The lowest BCUT2D eigenvalue weighted by Gasteiger charge is -2.30. The molecule has 5 nitrogen and oxygen atoms in total. The topological polar surface area (TPSA) is 70.5 Å². The third kappa shape index (κ3) is 5.97. The van der Waals surface area contributed by atoms with Gasteiger partial charge in [-0.15, -0.1) is 11.3 Å². The fraction of sp³-hybridized carbons (Fsp3) is 0.258. The van der Waals surface area contributed by atoms with E-state index in [1.165, 1.54) is 11.1 Å². The van der Waals surface area contributed by atoms with Gasteiger partial charge in [-0.2, -0.15) is 0 Å². The summed E-state index contributed by atoms with van der Waals surface area (Å²) in [6, 6.07) is 22.3. The number of amides is 1. The highest BCUT2D eigenvalue weighted by atomic mass is 32.1. The Morgan fingerprint density at radius 3 is 2.51 bits per heavy atom. The molecule has 0 saturated heterocycles. The maximum absolute atomic E-state index is 13.7. The lowest BCUT2D eigenvalue weighted by Crippen LogP contribution is -2.36. The van der Waals surface area contributed by atoms with Crippen LogP contribution in [0.5, 0.6) is 0 Å². The molecule has 1 aliphatic rings. The van der Waals surface area contributed by atoms with Gasteiger partial charge in [0.1, 0.15) is 0 Å². The van der Waals surface area contributed by atoms with Gasteiger partial charge in [0.15, 0.2) is 0 Å². The molecule has 1 saturated carbocycles. The number of nitrogens with zero attached hydrogens (tertiary/aromatic N) is 2. The Bertz CT molecular complexity index is 1450. The molecule has 0 unspecified atom stereocenters. The summed E-state index contributed by atoms with van der Waals surface area (Å²) < 4.78 is 1.18. The van der Waals surface area contributed by atoms with Crippen molar-refractivity contribution in [2.75, 3.05) is 4.90 Å². The molecule has 6 heteroatoms. The van der Waals surface area contributed by atoms with E-state index in [2.05, 4.69) is 47.4 Å². The van der Waals surface area contributed by atoms with Crippen LogP contribution in [-0.2, 0) is 16.1 Å². The van der Waals surface area contributed by atoms with Crippen LogP contribution >= 0.6 is 11.3 Å². The molecular formula is C31H30N2O3S. The first kappa shape index (κ1) is 24.9. The largest absolute Gasteiger partial charge is 0.478 e. The van der Waals surface area contributed by atoms with Crippen molar-refractivity contribution < 1.29 is 14.7 Å². The number of fused-ring (bicyclic) bond motifs is 1. The normalized spacial score (nSPS) is 14.3. The first-order valence-corrected chi connectivity index (χ1v) is 13.6. The second kappa shape index (κ2) is 11.1. The van der Waals surface area contributed by atoms with Gasteiger partial charge in [0.05, 0.1) is 21.8 Å². The number of aromatic nitrogens is 1. The minimum Gasteiger partial charge on any atom is -0.478 e. The van der Waals surface area contributed by atoms with Crippen LogP contribution in [0.4, 0.5) is 5.69 Å². The van der Waals surface area contributed by atoms with Crippen molar-refractivity contribution in [1.82, 2.24) is 4.98 Å². The molecule has 1 fully saturated rings. The Balaban J connectivity index is 1.42. The summed E-state index contributed by atoms with van der Waals surface area (Å²) in [6.45, 7) is 2.49.